The van der Waals surface area contributed by atoms with Gasteiger partial charge in [0, 0.05) is 6.42 Å². The van der Waals surface area contributed by atoms with E-state index >= 15 is 0 Å². The number of halogens is 2. The average molecular weight is 480 g/mol. The van der Waals surface area contributed by atoms with Gasteiger partial charge < -0.3 is 19.4 Å². The standard InChI is InChI=1S/C23H23Cl2NO6/c1-14-3-5-15(6-4-14)13-31-21(16-7-9-18(24)19(25)11-16)23(22(28)29)12-17(26-32-23)8-10-20(27)30-2/h3-7,9,11,21H,8,10,12-13H2,1-2H3,(H,28,29). The molecule has 2 aromatic rings. The minimum absolute atomic E-state index is 0.0574. The number of esters is 1. The number of hydrogen-bond acceptors (Lipinski definition) is 6. The number of ether oxygens (including phenoxy) is 2. The lowest BCUT2D eigenvalue weighted by Crippen LogP contribution is -2.46. The van der Waals surface area contributed by atoms with E-state index in [0.717, 1.165) is 11.1 Å². The summed E-state index contributed by atoms with van der Waals surface area (Å²) in [6.07, 6.45) is -0.822. The fourth-order valence-electron chi connectivity index (χ4n) is 3.40. The first kappa shape index (κ1) is 24.0. The molecular formula is C23H23Cl2NO6. The van der Waals surface area contributed by atoms with E-state index in [1.165, 1.54) is 7.11 Å². The van der Waals surface area contributed by atoms with Crippen LogP contribution in [0.15, 0.2) is 47.6 Å². The van der Waals surface area contributed by atoms with Crippen LogP contribution in [0.25, 0.3) is 0 Å². The summed E-state index contributed by atoms with van der Waals surface area (Å²) < 4.78 is 10.8. The van der Waals surface area contributed by atoms with Gasteiger partial charge in [-0.25, -0.2) is 4.79 Å². The SMILES string of the molecule is COC(=O)CCC1=NOC(C(=O)O)(C(OCc2ccc(C)cc2)c2ccc(Cl)c(Cl)c2)C1. The molecule has 2 atom stereocenters. The molecule has 1 heterocycles. The number of oxime groups is 1. The van der Waals surface area contributed by atoms with Crippen molar-refractivity contribution in [2.75, 3.05) is 7.11 Å². The Balaban J connectivity index is 1.90. The molecule has 2 unspecified atom stereocenters. The lowest BCUT2D eigenvalue weighted by Gasteiger charge is -2.31. The molecule has 3 rings (SSSR count). The molecule has 170 valence electrons. The summed E-state index contributed by atoms with van der Waals surface area (Å²) in [5, 5.41) is 14.7. The number of carbonyl (C=O) groups is 2. The molecule has 2 aromatic carbocycles. The predicted molar refractivity (Wildman–Crippen MR) is 120 cm³/mol. The van der Waals surface area contributed by atoms with Crippen LogP contribution in [0.5, 0.6) is 0 Å². The molecule has 0 saturated heterocycles. The van der Waals surface area contributed by atoms with Gasteiger partial charge in [0.05, 0.1) is 35.9 Å². The van der Waals surface area contributed by atoms with Crippen LogP contribution in [-0.4, -0.2) is 35.5 Å². The third-order valence-electron chi connectivity index (χ3n) is 5.22. The molecule has 1 aliphatic rings. The van der Waals surface area contributed by atoms with Crippen LogP contribution in [0.1, 0.15) is 42.1 Å². The van der Waals surface area contributed by atoms with Gasteiger partial charge in [0.1, 0.15) is 6.10 Å². The topological polar surface area (TPSA) is 94.4 Å². The molecule has 0 saturated carbocycles. The number of rotatable bonds is 9. The zero-order valence-corrected chi connectivity index (χ0v) is 19.2. The van der Waals surface area contributed by atoms with E-state index in [0.29, 0.717) is 16.3 Å². The van der Waals surface area contributed by atoms with Crippen molar-refractivity contribution in [2.24, 2.45) is 5.16 Å². The van der Waals surface area contributed by atoms with Gasteiger partial charge in [0.25, 0.3) is 5.60 Å². The second-order valence-corrected chi connectivity index (χ2v) is 8.36. The molecule has 7 nitrogen and oxygen atoms in total. The van der Waals surface area contributed by atoms with Gasteiger partial charge in [-0.15, -0.1) is 0 Å². The van der Waals surface area contributed by atoms with Crippen LogP contribution in [0.4, 0.5) is 0 Å². The van der Waals surface area contributed by atoms with E-state index in [2.05, 4.69) is 9.89 Å². The number of carboxylic acid groups (broad SMARTS) is 1. The second-order valence-electron chi connectivity index (χ2n) is 7.55. The third kappa shape index (κ3) is 5.41. The summed E-state index contributed by atoms with van der Waals surface area (Å²) in [6, 6.07) is 12.5. The Bertz CT molecular complexity index is 1020. The average Bonchev–Trinajstić information content (AvgIpc) is 3.21. The highest BCUT2D eigenvalue weighted by atomic mass is 35.5. The van der Waals surface area contributed by atoms with E-state index < -0.39 is 23.6 Å². The molecule has 32 heavy (non-hydrogen) atoms. The van der Waals surface area contributed by atoms with Gasteiger partial charge >= 0.3 is 11.9 Å². The highest BCUT2D eigenvalue weighted by Crippen LogP contribution is 2.42. The number of methoxy groups -OCH3 is 1. The summed E-state index contributed by atoms with van der Waals surface area (Å²) in [7, 11) is 1.29. The van der Waals surface area contributed by atoms with Crippen molar-refractivity contribution < 1.29 is 29.0 Å². The Hall–Kier alpha value is -2.61. The van der Waals surface area contributed by atoms with E-state index in [1.807, 2.05) is 31.2 Å². The van der Waals surface area contributed by atoms with Crippen molar-refractivity contribution in [2.45, 2.75) is 44.5 Å². The van der Waals surface area contributed by atoms with Crippen LogP contribution in [0.3, 0.4) is 0 Å². The molecule has 1 aliphatic heterocycles. The van der Waals surface area contributed by atoms with Crippen LogP contribution in [0.2, 0.25) is 10.0 Å². The maximum Gasteiger partial charge on any atom is 0.354 e. The number of benzene rings is 2. The van der Waals surface area contributed by atoms with Gasteiger partial charge in [0.2, 0.25) is 0 Å². The second kappa shape index (κ2) is 10.3. The zero-order chi connectivity index (χ0) is 23.3. The van der Waals surface area contributed by atoms with Gasteiger partial charge in [-0.3, -0.25) is 4.79 Å². The number of carbonyl (C=O) groups excluding carboxylic acids is 1. The Morgan fingerprint density at radius 2 is 1.91 bits per heavy atom. The summed E-state index contributed by atoms with van der Waals surface area (Å²) >= 11 is 12.2. The van der Waals surface area contributed by atoms with Crippen molar-refractivity contribution in [3.8, 4) is 0 Å². The number of nitrogens with zero attached hydrogens (tertiary/aromatic N) is 1. The van der Waals surface area contributed by atoms with Crippen molar-refractivity contribution in [3.63, 3.8) is 0 Å². The normalized spacial score (nSPS) is 18.6. The van der Waals surface area contributed by atoms with E-state index in [1.54, 1.807) is 18.2 Å². The quantitative estimate of drug-likeness (QED) is 0.501. The van der Waals surface area contributed by atoms with Crippen LogP contribution >= 0.6 is 23.2 Å². The number of hydrogen-bond donors (Lipinski definition) is 1. The molecular weight excluding hydrogens is 457 g/mol. The highest BCUT2D eigenvalue weighted by Gasteiger charge is 2.55. The molecule has 0 aliphatic carbocycles. The van der Waals surface area contributed by atoms with E-state index in [-0.39, 0.29) is 30.9 Å². The molecule has 0 aromatic heterocycles. The molecule has 9 heteroatoms. The van der Waals surface area contributed by atoms with Crippen molar-refractivity contribution in [1.29, 1.82) is 0 Å². The minimum Gasteiger partial charge on any atom is -0.478 e. The summed E-state index contributed by atoms with van der Waals surface area (Å²) in [5.74, 6) is -1.66. The van der Waals surface area contributed by atoms with Crippen LogP contribution in [-0.2, 0) is 30.5 Å². The lowest BCUT2D eigenvalue weighted by molar-refractivity contribution is -0.187. The van der Waals surface area contributed by atoms with Crippen molar-refractivity contribution in [1.82, 2.24) is 0 Å². The third-order valence-corrected chi connectivity index (χ3v) is 5.96. The Morgan fingerprint density at radius 1 is 1.19 bits per heavy atom. The van der Waals surface area contributed by atoms with Gasteiger partial charge in [-0.1, -0.05) is 64.3 Å². The lowest BCUT2D eigenvalue weighted by atomic mass is 9.85. The number of carboxylic acids is 1. The fraction of sp³-hybridized carbons (Fsp3) is 0.348. The molecule has 0 bridgehead atoms. The molecule has 0 amide bonds. The number of aryl methyl sites for hydroxylation is 1. The first-order valence-corrected chi connectivity index (χ1v) is 10.7. The molecule has 0 radical (unpaired) electrons. The number of aliphatic carboxylic acids is 1. The van der Waals surface area contributed by atoms with Gasteiger partial charge in [-0.2, -0.15) is 0 Å². The maximum atomic E-state index is 12.5. The van der Waals surface area contributed by atoms with E-state index in [4.69, 9.17) is 32.8 Å². The predicted octanol–water partition coefficient (Wildman–Crippen LogP) is 5.11. The zero-order valence-electron chi connectivity index (χ0n) is 17.6. The summed E-state index contributed by atoms with van der Waals surface area (Å²) in [6.45, 7) is 2.11. The van der Waals surface area contributed by atoms with Gasteiger partial charge in [-0.05, 0) is 36.6 Å². The van der Waals surface area contributed by atoms with Gasteiger partial charge in [0.15, 0.2) is 0 Å². The first-order chi connectivity index (χ1) is 15.2. The first-order valence-electron chi connectivity index (χ1n) is 9.91. The van der Waals surface area contributed by atoms with E-state index in [9.17, 15) is 14.7 Å². The Labute approximate surface area is 195 Å². The largest absolute Gasteiger partial charge is 0.478 e. The smallest absolute Gasteiger partial charge is 0.354 e. The molecule has 0 spiro atoms. The maximum absolute atomic E-state index is 12.5. The summed E-state index contributed by atoms with van der Waals surface area (Å²) in [4.78, 5) is 29.5. The summed E-state index contributed by atoms with van der Waals surface area (Å²) in [5.41, 5.74) is 1.05. The molecule has 1 N–H and O–H groups in total. The van der Waals surface area contributed by atoms with Crippen molar-refractivity contribution in [3.05, 3.63) is 69.2 Å². The highest BCUT2D eigenvalue weighted by molar-refractivity contribution is 6.42. The van der Waals surface area contributed by atoms with Crippen LogP contribution < -0.4 is 0 Å². The van der Waals surface area contributed by atoms with Crippen molar-refractivity contribution >= 4 is 40.9 Å². The molecule has 0 fully saturated rings. The fourth-order valence-corrected chi connectivity index (χ4v) is 3.71. The Morgan fingerprint density at radius 3 is 2.53 bits per heavy atom. The monoisotopic (exact) mass is 479 g/mol. The Kier molecular flexibility index (Phi) is 7.77. The van der Waals surface area contributed by atoms with Crippen LogP contribution in [0, 0.1) is 6.92 Å². The minimum atomic E-state index is -1.83.